The number of aromatic carboxylic acids is 1. The highest BCUT2D eigenvalue weighted by Gasteiger charge is 2.19. The normalized spacial score (nSPS) is 10.5. The zero-order chi connectivity index (χ0) is 15.6. The topological polar surface area (TPSA) is 46.5 Å². The number of rotatable bonds is 4. The molecule has 0 aliphatic carbocycles. The third-order valence-corrected chi connectivity index (χ3v) is 3.84. The molecule has 7 heteroatoms. The van der Waals surface area contributed by atoms with Crippen molar-refractivity contribution in [2.45, 2.75) is 4.90 Å². The van der Waals surface area contributed by atoms with Crippen LogP contribution in [0, 0.1) is 11.6 Å². The first-order chi connectivity index (χ1) is 9.93. The summed E-state index contributed by atoms with van der Waals surface area (Å²) in [5.41, 5.74) is -0.0928. The van der Waals surface area contributed by atoms with E-state index in [0.29, 0.717) is 4.90 Å². The predicted molar refractivity (Wildman–Crippen MR) is 79.3 cm³/mol. The fraction of sp³-hybridized carbons (Fsp3) is 0.0714. The Balaban J connectivity index is 2.52. The number of ether oxygens (including phenoxy) is 1. The molecule has 0 spiro atoms. The van der Waals surface area contributed by atoms with Crippen LogP contribution in [0.1, 0.15) is 10.4 Å². The molecular formula is C14H9BrF2O3S. The number of carboxylic acids is 1. The number of halogens is 3. The summed E-state index contributed by atoms with van der Waals surface area (Å²) in [6, 6.07) is 6.77. The van der Waals surface area contributed by atoms with E-state index in [2.05, 4.69) is 15.9 Å². The van der Waals surface area contributed by atoms with E-state index in [-0.39, 0.29) is 21.5 Å². The number of thioether (sulfide) groups is 1. The Morgan fingerprint density at radius 3 is 2.62 bits per heavy atom. The standard InChI is InChI=1S/C14H9BrF2O3S/c1-21-11-4-2-3-9(12(11)14(18)19)20-10-6-7(15)5-8(16)13(10)17/h2-6H,1H3,(H,18,19). The summed E-state index contributed by atoms with van der Waals surface area (Å²) in [4.78, 5) is 11.8. The number of carboxylic acid groups (broad SMARTS) is 1. The van der Waals surface area contributed by atoms with Gasteiger partial charge in [0.2, 0.25) is 5.82 Å². The van der Waals surface area contributed by atoms with Gasteiger partial charge in [0.1, 0.15) is 11.3 Å². The van der Waals surface area contributed by atoms with Gasteiger partial charge in [-0.2, -0.15) is 4.39 Å². The molecule has 0 bridgehead atoms. The molecule has 0 aromatic heterocycles. The van der Waals surface area contributed by atoms with Gasteiger partial charge in [-0.05, 0) is 30.5 Å². The molecule has 0 saturated carbocycles. The highest BCUT2D eigenvalue weighted by molar-refractivity contribution is 9.10. The summed E-state index contributed by atoms with van der Waals surface area (Å²) in [5.74, 6) is -3.90. The van der Waals surface area contributed by atoms with Gasteiger partial charge in [-0.15, -0.1) is 11.8 Å². The maximum atomic E-state index is 13.7. The van der Waals surface area contributed by atoms with Gasteiger partial charge in [0.25, 0.3) is 0 Å². The van der Waals surface area contributed by atoms with Gasteiger partial charge in [-0.1, -0.05) is 22.0 Å². The molecule has 0 heterocycles. The second-order valence-electron chi connectivity index (χ2n) is 3.94. The molecule has 2 aromatic carbocycles. The largest absolute Gasteiger partial charge is 0.478 e. The van der Waals surface area contributed by atoms with Gasteiger partial charge in [0, 0.05) is 9.37 Å². The van der Waals surface area contributed by atoms with Gasteiger partial charge in [-0.3, -0.25) is 0 Å². The average Bonchev–Trinajstić information content (AvgIpc) is 2.43. The van der Waals surface area contributed by atoms with Crippen molar-refractivity contribution in [2.75, 3.05) is 6.26 Å². The molecule has 21 heavy (non-hydrogen) atoms. The molecule has 2 aromatic rings. The fourth-order valence-electron chi connectivity index (χ4n) is 1.70. The zero-order valence-corrected chi connectivity index (χ0v) is 13.1. The van der Waals surface area contributed by atoms with E-state index in [4.69, 9.17) is 4.74 Å². The van der Waals surface area contributed by atoms with Crippen LogP contribution in [0.15, 0.2) is 39.7 Å². The lowest BCUT2D eigenvalue weighted by molar-refractivity contribution is 0.0690. The summed E-state index contributed by atoms with van der Waals surface area (Å²) in [6.07, 6.45) is 1.71. The van der Waals surface area contributed by atoms with Crippen LogP contribution in [0.4, 0.5) is 8.78 Å². The number of hydrogen-bond acceptors (Lipinski definition) is 3. The van der Waals surface area contributed by atoms with Crippen molar-refractivity contribution in [2.24, 2.45) is 0 Å². The first-order valence-corrected chi connectivity index (χ1v) is 7.68. The van der Waals surface area contributed by atoms with Crippen molar-refractivity contribution in [1.82, 2.24) is 0 Å². The molecule has 3 nitrogen and oxygen atoms in total. The smallest absolute Gasteiger partial charge is 0.340 e. The van der Waals surface area contributed by atoms with E-state index < -0.39 is 17.6 Å². The summed E-state index contributed by atoms with van der Waals surface area (Å²) in [7, 11) is 0. The van der Waals surface area contributed by atoms with Crippen molar-refractivity contribution in [3.63, 3.8) is 0 Å². The zero-order valence-electron chi connectivity index (χ0n) is 10.7. The Morgan fingerprint density at radius 2 is 2.00 bits per heavy atom. The Morgan fingerprint density at radius 1 is 1.29 bits per heavy atom. The molecule has 0 atom stereocenters. The van der Waals surface area contributed by atoms with Crippen molar-refractivity contribution in [3.05, 3.63) is 52.0 Å². The number of hydrogen-bond donors (Lipinski definition) is 1. The minimum atomic E-state index is -1.20. The molecular weight excluding hydrogens is 366 g/mol. The van der Waals surface area contributed by atoms with E-state index in [1.807, 2.05) is 0 Å². The summed E-state index contributed by atoms with van der Waals surface area (Å²) >= 11 is 4.25. The van der Waals surface area contributed by atoms with Crippen LogP contribution in [-0.2, 0) is 0 Å². The van der Waals surface area contributed by atoms with Gasteiger partial charge in [-0.25, -0.2) is 9.18 Å². The summed E-state index contributed by atoms with van der Waals surface area (Å²) < 4.78 is 32.6. The molecule has 0 saturated heterocycles. The third kappa shape index (κ3) is 3.36. The van der Waals surface area contributed by atoms with Crippen molar-refractivity contribution in [1.29, 1.82) is 0 Å². The van der Waals surface area contributed by atoms with Crippen LogP contribution < -0.4 is 4.74 Å². The van der Waals surface area contributed by atoms with E-state index in [9.17, 15) is 18.7 Å². The van der Waals surface area contributed by atoms with Gasteiger partial charge in [0.05, 0.1) is 0 Å². The van der Waals surface area contributed by atoms with Crippen molar-refractivity contribution < 1.29 is 23.4 Å². The van der Waals surface area contributed by atoms with Crippen LogP contribution in [0.2, 0.25) is 0 Å². The lowest BCUT2D eigenvalue weighted by Crippen LogP contribution is -2.03. The van der Waals surface area contributed by atoms with E-state index in [1.165, 1.54) is 23.9 Å². The quantitative estimate of drug-likeness (QED) is 0.608. The second-order valence-corrected chi connectivity index (χ2v) is 5.70. The third-order valence-electron chi connectivity index (χ3n) is 2.60. The van der Waals surface area contributed by atoms with E-state index >= 15 is 0 Å². The maximum Gasteiger partial charge on any atom is 0.340 e. The monoisotopic (exact) mass is 374 g/mol. The lowest BCUT2D eigenvalue weighted by Gasteiger charge is -2.12. The van der Waals surface area contributed by atoms with Gasteiger partial charge in [0.15, 0.2) is 11.6 Å². The van der Waals surface area contributed by atoms with Gasteiger partial charge < -0.3 is 9.84 Å². The van der Waals surface area contributed by atoms with Crippen LogP contribution in [-0.4, -0.2) is 17.3 Å². The van der Waals surface area contributed by atoms with Crippen molar-refractivity contribution >= 4 is 33.7 Å². The molecule has 1 N–H and O–H groups in total. The van der Waals surface area contributed by atoms with Crippen LogP contribution in [0.25, 0.3) is 0 Å². The van der Waals surface area contributed by atoms with Crippen LogP contribution in [0.5, 0.6) is 11.5 Å². The molecule has 0 aliphatic heterocycles. The molecule has 0 amide bonds. The highest BCUT2D eigenvalue weighted by atomic mass is 79.9. The Hall–Kier alpha value is -1.60. The van der Waals surface area contributed by atoms with Gasteiger partial charge >= 0.3 is 5.97 Å². The first-order valence-electron chi connectivity index (χ1n) is 5.66. The molecule has 0 fully saturated rings. The number of benzene rings is 2. The molecule has 110 valence electrons. The molecule has 2 rings (SSSR count). The van der Waals surface area contributed by atoms with E-state index in [1.54, 1.807) is 18.4 Å². The summed E-state index contributed by atoms with van der Waals surface area (Å²) in [5, 5.41) is 9.26. The predicted octanol–water partition coefficient (Wildman–Crippen LogP) is 4.94. The van der Waals surface area contributed by atoms with Crippen LogP contribution >= 0.6 is 27.7 Å². The Bertz CT molecular complexity index is 707. The molecule has 0 unspecified atom stereocenters. The van der Waals surface area contributed by atoms with Crippen molar-refractivity contribution in [3.8, 4) is 11.5 Å². The molecule has 0 radical (unpaired) electrons. The summed E-state index contributed by atoms with van der Waals surface area (Å²) in [6.45, 7) is 0. The first kappa shape index (κ1) is 15.8. The Kier molecular flexibility index (Phi) is 4.84. The minimum absolute atomic E-state index is 0.0502. The number of carbonyl (C=O) groups is 1. The van der Waals surface area contributed by atoms with Crippen LogP contribution in [0.3, 0.4) is 0 Å². The minimum Gasteiger partial charge on any atom is -0.478 e. The highest BCUT2D eigenvalue weighted by Crippen LogP contribution is 2.34. The van der Waals surface area contributed by atoms with E-state index in [0.717, 1.165) is 6.07 Å². The lowest BCUT2D eigenvalue weighted by atomic mass is 10.2. The average molecular weight is 375 g/mol. The second kappa shape index (κ2) is 6.44. The fourth-order valence-corrected chi connectivity index (χ4v) is 2.72. The molecule has 0 aliphatic rings. The maximum absolute atomic E-state index is 13.7. The SMILES string of the molecule is CSc1cccc(Oc2cc(Br)cc(F)c2F)c1C(=O)O. The Labute approximate surface area is 132 Å².